The van der Waals surface area contributed by atoms with Crippen LogP contribution in [-0.2, 0) is 11.2 Å². The first-order chi connectivity index (χ1) is 16.1. The van der Waals surface area contributed by atoms with E-state index in [1.54, 1.807) is 24.5 Å². The third-order valence-electron chi connectivity index (χ3n) is 5.29. The molecular formula is C22H20FN7O3. The monoisotopic (exact) mass is 449 g/mol. The molecule has 0 saturated carbocycles. The van der Waals surface area contributed by atoms with Crippen molar-refractivity contribution in [3.8, 4) is 17.1 Å². The number of carbonyl (C=O) groups is 1. The third kappa shape index (κ3) is 4.22. The van der Waals surface area contributed by atoms with Crippen LogP contribution in [0.4, 0.5) is 10.1 Å². The molecule has 10 nitrogen and oxygen atoms in total. The molecule has 0 bridgehead atoms. The number of hydrogen-bond donors (Lipinski definition) is 0. The van der Waals surface area contributed by atoms with Crippen LogP contribution in [0, 0.1) is 12.7 Å². The van der Waals surface area contributed by atoms with Crippen molar-refractivity contribution in [2.75, 3.05) is 18.1 Å². The lowest BCUT2D eigenvalue weighted by atomic mass is 10.1. The second-order valence-corrected chi connectivity index (χ2v) is 7.55. The van der Waals surface area contributed by atoms with Gasteiger partial charge in [0.1, 0.15) is 23.4 Å². The third-order valence-corrected chi connectivity index (χ3v) is 5.29. The second kappa shape index (κ2) is 8.87. The number of ether oxygens (including phenoxy) is 1. The van der Waals surface area contributed by atoms with Gasteiger partial charge in [-0.25, -0.2) is 9.37 Å². The van der Waals surface area contributed by atoms with Crippen LogP contribution >= 0.6 is 0 Å². The van der Waals surface area contributed by atoms with Crippen LogP contribution in [0.3, 0.4) is 0 Å². The van der Waals surface area contributed by atoms with Crippen LogP contribution < -0.4 is 4.90 Å². The Balaban J connectivity index is 1.48. The molecule has 33 heavy (non-hydrogen) atoms. The topological polar surface area (TPSA) is 112 Å². The van der Waals surface area contributed by atoms with Gasteiger partial charge in [0.05, 0.1) is 31.1 Å². The number of pyridine rings is 1. The van der Waals surface area contributed by atoms with E-state index in [9.17, 15) is 9.18 Å². The lowest BCUT2D eigenvalue weighted by Crippen LogP contribution is -2.45. The maximum atomic E-state index is 13.2. The lowest BCUT2D eigenvalue weighted by molar-refractivity contribution is 0.0248. The zero-order valence-electron chi connectivity index (χ0n) is 17.8. The molecular weight excluding hydrogens is 429 g/mol. The number of halogens is 1. The fraction of sp³-hybridized carbons (Fsp3) is 0.273. The van der Waals surface area contributed by atoms with E-state index < -0.39 is 6.23 Å². The molecule has 0 N–H and O–H groups in total. The van der Waals surface area contributed by atoms with Crippen molar-refractivity contribution in [3.63, 3.8) is 0 Å². The number of aldehydes is 1. The molecule has 1 aliphatic heterocycles. The zero-order chi connectivity index (χ0) is 22.8. The molecule has 1 saturated heterocycles. The van der Waals surface area contributed by atoms with Crippen molar-refractivity contribution in [3.05, 3.63) is 65.8 Å². The minimum atomic E-state index is -0.409. The molecule has 3 aromatic heterocycles. The van der Waals surface area contributed by atoms with Gasteiger partial charge in [-0.3, -0.25) is 4.79 Å². The van der Waals surface area contributed by atoms with E-state index in [2.05, 4.69) is 25.3 Å². The summed E-state index contributed by atoms with van der Waals surface area (Å²) in [5.74, 6) is 0.415. The number of nitrogens with zero attached hydrogens (tertiary/aromatic N) is 7. The number of aromatic nitrogens is 6. The molecule has 1 aliphatic rings. The molecule has 4 heterocycles. The summed E-state index contributed by atoms with van der Waals surface area (Å²) in [5, 5.41) is 12.5. The number of benzene rings is 1. The van der Waals surface area contributed by atoms with Crippen molar-refractivity contribution < 1.29 is 18.4 Å². The van der Waals surface area contributed by atoms with Crippen LogP contribution in [0.15, 0.2) is 47.2 Å². The van der Waals surface area contributed by atoms with E-state index in [4.69, 9.17) is 9.26 Å². The van der Waals surface area contributed by atoms with Crippen molar-refractivity contribution in [2.24, 2.45) is 0 Å². The highest BCUT2D eigenvalue weighted by molar-refractivity contribution is 5.83. The Morgan fingerprint density at radius 3 is 2.73 bits per heavy atom. The van der Waals surface area contributed by atoms with Crippen molar-refractivity contribution >= 4 is 12.0 Å². The molecule has 1 aromatic carbocycles. The molecule has 1 unspecified atom stereocenters. The van der Waals surface area contributed by atoms with Gasteiger partial charge in [-0.05, 0) is 43.7 Å². The average Bonchev–Trinajstić information content (AvgIpc) is 3.52. The molecule has 168 valence electrons. The van der Waals surface area contributed by atoms with E-state index >= 15 is 0 Å². The average molecular weight is 449 g/mol. The zero-order valence-corrected chi connectivity index (χ0v) is 17.8. The second-order valence-electron chi connectivity index (χ2n) is 7.55. The van der Waals surface area contributed by atoms with Crippen LogP contribution in [0.25, 0.3) is 17.1 Å². The van der Waals surface area contributed by atoms with Gasteiger partial charge in [-0.1, -0.05) is 5.16 Å². The van der Waals surface area contributed by atoms with Gasteiger partial charge in [0.15, 0.2) is 12.1 Å². The first-order valence-corrected chi connectivity index (χ1v) is 10.4. The van der Waals surface area contributed by atoms with E-state index in [0.717, 1.165) is 12.1 Å². The highest BCUT2D eigenvalue weighted by Crippen LogP contribution is 2.31. The highest BCUT2D eigenvalue weighted by atomic mass is 19.1. The first-order valence-electron chi connectivity index (χ1n) is 10.4. The summed E-state index contributed by atoms with van der Waals surface area (Å²) in [6.45, 7) is 3.08. The van der Waals surface area contributed by atoms with E-state index in [1.165, 1.54) is 16.9 Å². The molecule has 5 rings (SSSR count). The summed E-state index contributed by atoms with van der Waals surface area (Å²) >= 11 is 0. The van der Waals surface area contributed by atoms with Gasteiger partial charge < -0.3 is 14.2 Å². The molecule has 0 amide bonds. The maximum absolute atomic E-state index is 13.2. The molecule has 0 spiro atoms. The largest absolute Gasteiger partial charge is 0.358 e. The smallest absolute Gasteiger partial charge is 0.257 e. The summed E-state index contributed by atoms with van der Waals surface area (Å²) in [6.07, 6.45) is 4.51. The fourth-order valence-electron chi connectivity index (χ4n) is 3.85. The normalized spacial score (nSPS) is 16.2. The van der Waals surface area contributed by atoms with Crippen LogP contribution in [-0.4, -0.2) is 55.8 Å². The van der Waals surface area contributed by atoms with Gasteiger partial charge >= 0.3 is 0 Å². The number of anilines is 1. The Morgan fingerprint density at radius 1 is 1.18 bits per heavy atom. The molecule has 11 heteroatoms. The van der Waals surface area contributed by atoms with E-state index in [1.807, 2.05) is 17.9 Å². The molecule has 1 fully saturated rings. The van der Waals surface area contributed by atoms with Crippen molar-refractivity contribution in [2.45, 2.75) is 26.0 Å². The Hall–Kier alpha value is -3.99. The molecule has 0 aliphatic carbocycles. The Kier molecular flexibility index (Phi) is 5.61. The fourth-order valence-corrected chi connectivity index (χ4v) is 3.85. The van der Waals surface area contributed by atoms with Gasteiger partial charge in [-0.2, -0.15) is 15.2 Å². The van der Waals surface area contributed by atoms with Crippen LogP contribution in [0.5, 0.6) is 0 Å². The van der Waals surface area contributed by atoms with Crippen molar-refractivity contribution in [1.82, 2.24) is 30.1 Å². The number of rotatable bonds is 6. The summed E-state index contributed by atoms with van der Waals surface area (Å²) in [6, 6.07) is 7.73. The minimum absolute atomic E-state index is 0.240. The summed E-state index contributed by atoms with van der Waals surface area (Å²) in [5.41, 5.74) is 2.77. The lowest BCUT2D eigenvalue weighted by Gasteiger charge is -2.37. The van der Waals surface area contributed by atoms with E-state index in [0.29, 0.717) is 54.5 Å². The summed E-state index contributed by atoms with van der Waals surface area (Å²) < 4.78 is 24.6. The Labute approximate surface area is 188 Å². The Bertz CT molecular complexity index is 1260. The quantitative estimate of drug-likeness (QED) is 0.410. The molecule has 0 radical (unpaired) electrons. The van der Waals surface area contributed by atoms with Crippen LogP contribution in [0.2, 0.25) is 0 Å². The first kappa shape index (κ1) is 20.9. The predicted octanol–water partition coefficient (Wildman–Crippen LogP) is 2.77. The predicted molar refractivity (Wildman–Crippen MR) is 114 cm³/mol. The van der Waals surface area contributed by atoms with Gasteiger partial charge in [0.25, 0.3) is 5.89 Å². The maximum Gasteiger partial charge on any atom is 0.257 e. The van der Waals surface area contributed by atoms with Gasteiger partial charge in [0.2, 0.25) is 0 Å². The standard InChI is InChI=1S/C22H20FN7O3/c1-14-11-18(21(17(13-31)26-14)30-24-7-8-25-30)29-9-2-10-32-20(29)12-19-27-22(33-28-19)15-3-5-16(23)6-4-15/h3-8,11,13,20H,2,9-10,12H2,1H3. The minimum Gasteiger partial charge on any atom is -0.358 e. The Morgan fingerprint density at radius 2 is 1.97 bits per heavy atom. The number of aryl methyl sites for hydroxylation is 1. The number of carbonyl (C=O) groups excluding carboxylic acids is 1. The summed E-state index contributed by atoms with van der Waals surface area (Å²) in [7, 11) is 0. The molecule has 4 aromatic rings. The molecule has 1 atom stereocenters. The van der Waals surface area contributed by atoms with Crippen LogP contribution in [0.1, 0.15) is 28.4 Å². The number of hydrogen-bond acceptors (Lipinski definition) is 9. The van der Waals surface area contributed by atoms with E-state index in [-0.39, 0.29) is 11.5 Å². The highest BCUT2D eigenvalue weighted by Gasteiger charge is 2.30. The van der Waals surface area contributed by atoms with Crippen molar-refractivity contribution in [1.29, 1.82) is 0 Å². The SMILES string of the molecule is Cc1cc(N2CCCOC2Cc2noc(-c3ccc(F)cc3)n2)c(-n2nccn2)c(C=O)n1. The van der Waals surface area contributed by atoms with Gasteiger partial charge in [0, 0.05) is 17.8 Å². The van der Waals surface area contributed by atoms with Gasteiger partial charge in [-0.15, -0.1) is 4.80 Å². The summed E-state index contributed by atoms with van der Waals surface area (Å²) in [4.78, 5) is 24.0.